The van der Waals surface area contributed by atoms with Crippen LogP contribution in [0, 0.1) is 13.8 Å². The van der Waals surface area contributed by atoms with E-state index in [4.69, 9.17) is 15.2 Å². The number of ether oxygens (including phenoxy) is 2. The van der Waals surface area contributed by atoms with Gasteiger partial charge in [-0.2, -0.15) is 0 Å². The zero-order chi connectivity index (χ0) is 15.2. The fourth-order valence-electron chi connectivity index (χ4n) is 2.09. The van der Waals surface area contributed by atoms with Crippen LogP contribution in [0.15, 0.2) is 24.3 Å². The summed E-state index contributed by atoms with van der Waals surface area (Å²) in [7, 11) is 1.64. The summed E-state index contributed by atoms with van der Waals surface area (Å²) in [5.41, 5.74) is 9.19. The van der Waals surface area contributed by atoms with Crippen molar-refractivity contribution in [1.82, 2.24) is 9.97 Å². The molecule has 0 unspecified atom stereocenters. The second-order valence-electron chi connectivity index (χ2n) is 4.86. The highest BCUT2D eigenvalue weighted by Gasteiger charge is 2.07. The third-order valence-corrected chi connectivity index (χ3v) is 3.04. The molecular formula is C16H21N3O2. The first kappa shape index (κ1) is 15.3. The molecule has 2 aromatic rings. The molecule has 5 heteroatoms. The molecule has 5 nitrogen and oxygen atoms in total. The number of nitrogens with zero attached hydrogens (tertiary/aromatic N) is 2. The van der Waals surface area contributed by atoms with Crippen molar-refractivity contribution in [3.8, 4) is 11.5 Å². The van der Waals surface area contributed by atoms with Crippen LogP contribution in [-0.2, 0) is 13.0 Å². The van der Waals surface area contributed by atoms with Crippen molar-refractivity contribution in [3.63, 3.8) is 0 Å². The number of nitrogens with two attached hydrogens (primary N) is 1. The molecule has 0 saturated carbocycles. The molecule has 0 aliphatic heterocycles. The molecule has 0 radical (unpaired) electrons. The van der Waals surface area contributed by atoms with Gasteiger partial charge in [-0.1, -0.05) is 0 Å². The van der Waals surface area contributed by atoms with E-state index in [0.717, 1.165) is 34.3 Å². The van der Waals surface area contributed by atoms with E-state index in [2.05, 4.69) is 9.97 Å². The Kier molecular flexibility index (Phi) is 5.11. The molecule has 0 spiro atoms. The van der Waals surface area contributed by atoms with E-state index in [-0.39, 0.29) is 0 Å². The molecule has 0 saturated heterocycles. The van der Waals surface area contributed by atoms with E-state index in [9.17, 15) is 0 Å². The molecule has 0 bridgehead atoms. The zero-order valence-electron chi connectivity index (χ0n) is 12.7. The van der Waals surface area contributed by atoms with Crippen LogP contribution in [-0.4, -0.2) is 23.6 Å². The Morgan fingerprint density at radius 1 is 1.10 bits per heavy atom. The topological polar surface area (TPSA) is 70.3 Å². The van der Waals surface area contributed by atoms with Crippen LogP contribution in [0.25, 0.3) is 0 Å². The van der Waals surface area contributed by atoms with E-state index in [1.807, 2.05) is 38.1 Å². The summed E-state index contributed by atoms with van der Waals surface area (Å²) >= 11 is 0. The van der Waals surface area contributed by atoms with Crippen molar-refractivity contribution in [2.75, 3.05) is 13.7 Å². The van der Waals surface area contributed by atoms with Crippen LogP contribution in [0.5, 0.6) is 11.5 Å². The van der Waals surface area contributed by atoms with E-state index in [0.29, 0.717) is 19.6 Å². The Labute approximate surface area is 125 Å². The highest BCUT2D eigenvalue weighted by Crippen LogP contribution is 2.20. The minimum Gasteiger partial charge on any atom is -0.497 e. The van der Waals surface area contributed by atoms with E-state index in [1.54, 1.807) is 7.11 Å². The fraction of sp³-hybridized carbons (Fsp3) is 0.375. The highest BCUT2D eigenvalue weighted by molar-refractivity contribution is 5.31. The third kappa shape index (κ3) is 4.16. The van der Waals surface area contributed by atoms with Crippen molar-refractivity contribution < 1.29 is 9.47 Å². The molecule has 0 aliphatic rings. The predicted octanol–water partition coefficient (Wildman–Crippen LogP) is 2.18. The molecule has 21 heavy (non-hydrogen) atoms. The summed E-state index contributed by atoms with van der Waals surface area (Å²) < 4.78 is 11.1. The second kappa shape index (κ2) is 7.04. The van der Waals surface area contributed by atoms with Gasteiger partial charge in [0.25, 0.3) is 0 Å². The molecule has 2 heterocycles. The molecule has 2 N–H and O–H groups in total. The zero-order valence-corrected chi connectivity index (χ0v) is 12.7. The van der Waals surface area contributed by atoms with Gasteiger partial charge in [-0.3, -0.25) is 9.97 Å². The van der Waals surface area contributed by atoms with E-state index < -0.39 is 0 Å². The van der Waals surface area contributed by atoms with Crippen LogP contribution in [0.4, 0.5) is 0 Å². The maximum atomic E-state index is 5.85. The Morgan fingerprint density at radius 3 is 2.62 bits per heavy atom. The minimum absolute atomic E-state index is 0.375. The maximum Gasteiger partial charge on any atom is 0.141 e. The van der Waals surface area contributed by atoms with E-state index >= 15 is 0 Å². The van der Waals surface area contributed by atoms with Gasteiger partial charge in [0.05, 0.1) is 18.5 Å². The van der Waals surface area contributed by atoms with Crippen molar-refractivity contribution >= 4 is 0 Å². The lowest BCUT2D eigenvalue weighted by Crippen LogP contribution is -2.08. The average molecular weight is 287 g/mol. The van der Waals surface area contributed by atoms with Gasteiger partial charge in [-0.15, -0.1) is 0 Å². The van der Waals surface area contributed by atoms with Crippen molar-refractivity contribution in [3.05, 3.63) is 47.0 Å². The number of aryl methyl sites for hydroxylation is 2. The normalized spacial score (nSPS) is 10.5. The predicted molar refractivity (Wildman–Crippen MR) is 81.6 cm³/mol. The molecule has 0 atom stereocenters. The van der Waals surface area contributed by atoms with Crippen LogP contribution < -0.4 is 15.2 Å². The van der Waals surface area contributed by atoms with Crippen molar-refractivity contribution in [2.45, 2.75) is 26.9 Å². The first-order chi connectivity index (χ1) is 10.1. The molecule has 0 amide bonds. The minimum atomic E-state index is 0.375. The van der Waals surface area contributed by atoms with Gasteiger partial charge in [0.15, 0.2) is 0 Å². The van der Waals surface area contributed by atoms with Crippen molar-refractivity contribution in [2.24, 2.45) is 5.73 Å². The Bertz CT molecular complexity index is 614. The molecule has 0 aromatic carbocycles. The number of methoxy groups -OCH3 is 1. The van der Waals surface area contributed by atoms with Gasteiger partial charge < -0.3 is 15.2 Å². The van der Waals surface area contributed by atoms with Gasteiger partial charge in [0, 0.05) is 29.9 Å². The van der Waals surface area contributed by atoms with Crippen LogP contribution >= 0.6 is 0 Å². The number of rotatable bonds is 6. The molecular weight excluding hydrogens is 266 g/mol. The Hall–Kier alpha value is -2.14. The lowest BCUT2D eigenvalue weighted by molar-refractivity contribution is 0.295. The smallest absolute Gasteiger partial charge is 0.141 e. The van der Waals surface area contributed by atoms with Gasteiger partial charge in [-0.25, -0.2) is 0 Å². The first-order valence-electron chi connectivity index (χ1n) is 6.93. The summed E-state index contributed by atoms with van der Waals surface area (Å²) in [6, 6.07) is 7.62. The third-order valence-electron chi connectivity index (χ3n) is 3.04. The van der Waals surface area contributed by atoms with Gasteiger partial charge in [-0.05, 0) is 32.5 Å². The standard InChI is InChI=1S/C16H21N3O2/c1-11-4-5-16(15(19-11)6-7-17)21-10-13-9-14(20-3)8-12(2)18-13/h4-5,8-9H,6-7,10,17H2,1-3H3. The molecule has 112 valence electrons. The lowest BCUT2D eigenvalue weighted by atomic mass is 10.2. The van der Waals surface area contributed by atoms with Gasteiger partial charge in [0.1, 0.15) is 18.1 Å². The summed E-state index contributed by atoms with van der Waals surface area (Å²) in [5.74, 6) is 1.54. The summed E-state index contributed by atoms with van der Waals surface area (Å²) in [6.07, 6.45) is 0.696. The summed E-state index contributed by atoms with van der Waals surface area (Å²) in [4.78, 5) is 8.92. The number of pyridine rings is 2. The van der Waals surface area contributed by atoms with Crippen LogP contribution in [0.2, 0.25) is 0 Å². The maximum absolute atomic E-state index is 5.85. The molecule has 0 aliphatic carbocycles. The number of hydrogen-bond acceptors (Lipinski definition) is 5. The molecule has 0 fully saturated rings. The molecule has 2 rings (SSSR count). The van der Waals surface area contributed by atoms with E-state index in [1.165, 1.54) is 0 Å². The first-order valence-corrected chi connectivity index (χ1v) is 6.93. The monoisotopic (exact) mass is 287 g/mol. The lowest BCUT2D eigenvalue weighted by Gasteiger charge is -2.12. The fourth-order valence-corrected chi connectivity index (χ4v) is 2.09. The van der Waals surface area contributed by atoms with Crippen LogP contribution in [0.1, 0.15) is 22.8 Å². The SMILES string of the molecule is COc1cc(C)nc(COc2ccc(C)nc2CCN)c1. The molecule has 2 aromatic heterocycles. The average Bonchev–Trinajstić information content (AvgIpc) is 2.46. The second-order valence-corrected chi connectivity index (χ2v) is 4.86. The highest BCUT2D eigenvalue weighted by atomic mass is 16.5. The summed E-state index contributed by atoms with van der Waals surface area (Å²) in [5, 5.41) is 0. The quantitative estimate of drug-likeness (QED) is 0.881. The van der Waals surface area contributed by atoms with Gasteiger partial charge >= 0.3 is 0 Å². The van der Waals surface area contributed by atoms with Crippen molar-refractivity contribution in [1.29, 1.82) is 0 Å². The largest absolute Gasteiger partial charge is 0.497 e. The van der Waals surface area contributed by atoms with Gasteiger partial charge in [0.2, 0.25) is 0 Å². The Balaban J connectivity index is 2.14. The Morgan fingerprint density at radius 2 is 1.90 bits per heavy atom. The number of aromatic nitrogens is 2. The van der Waals surface area contributed by atoms with Crippen LogP contribution in [0.3, 0.4) is 0 Å². The summed E-state index contributed by atoms with van der Waals surface area (Å²) in [6.45, 7) is 4.81. The number of hydrogen-bond donors (Lipinski definition) is 1.